The van der Waals surface area contributed by atoms with Crippen molar-refractivity contribution in [3.05, 3.63) is 124 Å². The van der Waals surface area contributed by atoms with Crippen LogP contribution in [0.2, 0.25) is 5.02 Å². The van der Waals surface area contributed by atoms with Crippen LogP contribution in [-0.2, 0) is 0 Å². The molecule has 1 amide bonds. The van der Waals surface area contributed by atoms with Crippen molar-refractivity contribution in [1.29, 1.82) is 0 Å². The lowest BCUT2D eigenvalue weighted by molar-refractivity contribution is 0.0734. The largest absolute Gasteiger partial charge is 0.422 e. The van der Waals surface area contributed by atoms with E-state index in [2.05, 4.69) is 15.5 Å². The minimum absolute atomic E-state index is 0.331. The molecule has 37 heavy (non-hydrogen) atoms. The lowest BCUT2D eigenvalue weighted by atomic mass is 10.0. The van der Waals surface area contributed by atoms with Crippen LogP contribution in [0.4, 0.5) is 0 Å². The molecule has 0 bridgehead atoms. The van der Waals surface area contributed by atoms with Crippen LogP contribution in [0.1, 0.15) is 32.0 Å². The van der Waals surface area contributed by atoms with Crippen LogP contribution in [0.15, 0.2) is 102 Å². The van der Waals surface area contributed by atoms with Crippen LogP contribution >= 0.6 is 11.6 Å². The van der Waals surface area contributed by atoms with Crippen molar-refractivity contribution in [3.63, 3.8) is 0 Å². The zero-order chi connectivity index (χ0) is 25.8. The molecule has 182 valence electrons. The van der Waals surface area contributed by atoms with E-state index in [4.69, 9.17) is 16.3 Å². The molecule has 5 rings (SSSR count). The quantitative estimate of drug-likeness (QED) is 0.115. The van der Waals surface area contributed by atoms with E-state index < -0.39 is 11.9 Å². The second kappa shape index (κ2) is 10.5. The summed E-state index contributed by atoms with van der Waals surface area (Å²) in [4.78, 5) is 29.0. The number of hydrazone groups is 1. The van der Waals surface area contributed by atoms with Gasteiger partial charge < -0.3 is 9.72 Å². The summed E-state index contributed by atoms with van der Waals surface area (Å²) >= 11 is 6.24. The predicted octanol–water partition coefficient (Wildman–Crippen LogP) is 6.78. The summed E-state index contributed by atoms with van der Waals surface area (Å²) < 4.78 is 5.60. The van der Waals surface area contributed by atoms with E-state index in [1.165, 1.54) is 6.21 Å². The number of nitrogens with one attached hydrogen (secondary N) is 2. The van der Waals surface area contributed by atoms with Gasteiger partial charge in [0.05, 0.1) is 11.8 Å². The highest BCUT2D eigenvalue weighted by atomic mass is 35.5. The first kappa shape index (κ1) is 24.0. The Morgan fingerprint density at radius 3 is 2.51 bits per heavy atom. The number of hydrogen-bond acceptors (Lipinski definition) is 4. The van der Waals surface area contributed by atoms with Crippen LogP contribution in [0.3, 0.4) is 0 Å². The Balaban J connectivity index is 1.39. The number of halogens is 1. The lowest BCUT2D eigenvalue weighted by Gasteiger charge is -2.08. The summed E-state index contributed by atoms with van der Waals surface area (Å²) in [5, 5.41) is 5.54. The summed E-state index contributed by atoms with van der Waals surface area (Å²) in [6.07, 6.45) is 1.44. The summed E-state index contributed by atoms with van der Waals surface area (Å²) in [5.41, 5.74) is 7.28. The van der Waals surface area contributed by atoms with Crippen molar-refractivity contribution in [2.45, 2.75) is 6.92 Å². The molecule has 1 heterocycles. The number of carbonyl (C=O) groups excluding carboxylic acids is 2. The summed E-state index contributed by atoms with van der Waals surface area (Å²) in [5.74, 6) is -0.563. The number of amides is 1. The Kier molecular flexibility index (Phi) is 6.83. The molecule has 1 aromatic heterocycles. The molecule has 0 saturated carbocycles. The number of aryl methyl sites for hydroxylation is 1. The van der Waals surface area contributed by atoms with Gasteiger partial charge >= 0.3 is 5.97 Å². The molecule has 0 aliphatic carbocycles. The number of rotatable bonds is 6. The van der Waals surface area contributed by atoms with Crippen molar-refractivity contribution in [3.8, 4) is 16.9 Å². The second-order valence-electron chi connectivity index (χ2n) is 8.43. The zero-order valence-electron chi connectivity index (χ0n) is 19.9. The van der Waals surface area contributed by atoms with Gasteiger partial charge in [0.2, 0.25) is 0 Å². The Bertz CT molecular complexity index is 1640. The maximum atomic E-state index is 13.2. The van der Waals surface area contributed by atoms with Gasteiger partial charge in [-0.3, -0.25) is 4.79 Å². The molecule has 7 heteroatoms. The number of H-pyrrole nitrogens is 1. The molecule has 0 atom stereocenters. The van der Waals surface area contributed by atoms with Crippen LogP contribution in [-0.4, -0.2) is 23.1 Å². The molecule has 0 saturated heterocycles. The Hall–Kier alpha value is -4.68. The topological polar surface area (TPSA) is 83.5 Å². The fourth-order valence-corrected chi connectivity index (χ4v) is 4.24. The van der Waals surface area contributed by atoms with Crippen molar-refractivity contribution < 1.29 is 14.3 Å². The first-order valence-corrected chi connectivity index (χ1v) is 12.0. The van der Waals surface area contributed by atoms with Crippen molar-refractivity contribution in [2.75, 3.05) is 0 Å². The monoisotopic (exact) mass is 507 g/mol. The zero-order valence-corrected chi connectivity index (χ0v) is 20.6. The van der Waals surface area contributed by atoms with Gasteiger partial charge in [-0.2, -0.15) is 5.10 Å². The molecule has 2 N–H and O–H groups in total. The molecule has 0 aliphatic heterocycles. The van der Waals surface area contributed by atoms with Gasteiger partial charge in [-0.05, 0) is 55.0 Å². The van der Waals surface area contributed by atoms with Gasteiger partial charge in [0.1, 0.15) is 11.4 Å². The molecule has 0 radical (unpaired) electrons. The summed E-state index contributed by atoms with van der Waals surface area (Å²) in [7, 11) is 0. The number of ether oxygens (including phenoxy) is 1. The smallest absolute Gasteiger partial charge is 0.343 e. The van der Waals surface area contributed by atoms with Gasteiger partial charge in [-0.15, -0.1) is 0 Å². The van der Waals surface area contributed by atoms with Gasteiger partial charge in [-0.25, -0.2) is 10.2 Å². The Morgan fingerprint density at radius 1 is 0.919 bits per heavy atom. The van der Waals surface area contributed by atoms with Crippen LogP contribution in [0.5, 0.6) is 5.75 Å². The van der Waals surface area contributed by atoms with Gasteiger partial charge in [0.15, 0.2) is 0 Å². The number of esters is 1. The molecular formula is C30H22ClN3O3. The fourth-order valence-electron chi connectivity index (χ4n) is 4.07. The number of aromatic amines is 1. The van der Waals surface area contributed by atoms with E-state index in [1.54, 1.807) is 48.5 Å². The lowest BCUT2D eigenvalue weighted by Crippen LogP contribution is -2.19. The number of fused-ring (bicyclic) bond motifs is 1. The minimum atomic E-state index is -0.474. The molecular weight excluding hydrogens is 486 g/mol. The van der Waals surface area contributed by atoms with Crippen LogP contribution in [0.25, 0.3) is 22.0 Å². The first-order valence-electron chi connectivity index (χ1n) is 11.6. The number of para-hydroxylation sites is 1. The average molecular weight is 508 g/mol. The van der Waals surface area contributed by atoms with E-state index in [0.29, 0.717) is 27.6 Å². The molecule has 0 unspecified atom stereocenters. The van der Waals surface area contributed by atoms with Crippen molar-refractivity contribution in [1.82, 2.24) is 10.4 Å². The maximum absolute atomic E-state index is 13.2. The third-order valence-corrected chi connectivity index (χ3v) is 6.03. The number of hydrogen-bond donors (Lipinski definition) is 2. The summed E-state index contributed by atoms with van der Waals surface area (Å²) in [6, 6.07) is 29.2. The third-order valence-electron chi connectivity index (χ3n) is 5.80. The number of benzene rings is 4. The fraction of sp³-hybridized carbons (Fsp3) is 0.0333. The van der Waals surface area contributed by atoms with Gasteiger partial charge in [0, 0.05) is 27.1 Å². The molecule has 5 aromatic rings. The number of nitrogens with zero attached hydrogens (tertiary/aromatic N) is 1. The summed E-state index contributed by atoms with van der Waals surface area (Å²) in [6.45, 7) is 1.91. The number of carbonyl (C=O) groups is 2. The third kappa shape index (κ3) is 5.29. The van der Waals surface area contributed by atoms with Gasteiger partial charge in [-0.1, -0.05) is 71.8 Å². The highest BCUT2D eigenvalue weighted by Gasteiger charge is 2.19. The van der Waals surface area contributed by atoms with E-state index in [-0.39, 0.29) is 0 Å². The van der Waals surface area contributed by atoms with Gasteiger partial charge in [0.25, 0.3) is 5.91 Å². The molecule has 4 aromatic carbocycles. The van der Waals surface area contributed by atoms with E-state index in [0.717, 1.165) is 27.6 Å². The number of aromatic nitrogens is 1. The van der Waals surface area contributed by atoms with E-state index in [1.807, 2.05) is 55.5 Å². The maximum Gasteiger partial charge on any atom is 0.343 e. The second-order valence-corrected chi connectivity index (χ2v) is 8.86. The van der Waals surface area contributed by atoms with Crippen molar-refractivity contribution >= 4 is 40.6 Å². The highest BCUT2D eigenvalue weighted by molar-refractivity contribution is 6.31. The molecule has 0 fully saturated rings. The van der Waals surface area contributed by atoms with E-state index in [9.17, 15) is 9.59 Å². The highest BCUT2D eigenvalue weighted by Crippen LogP contribution is 2.34. The van der Waals surface area contributed by atoms with Crippen LogP contribution in [0, 0.1) is 6.92 Å². The average Bonchev–Trinajstić information content (AvgIpc) is 3.29. The Labute approximate surface area is 218 Å². The molecule has 0 spiro atoms. The Morgan fingerprint density at radius 2 is 1.70 bits per heavy atom. The van der Waals surface area contributed by atoms with Crippen LogP contribution < -0.4 is 10.2 Å². The normalized spacial score (nSPS) is 11.1. The first-order chi connectivity index (χ1) is 18.0. The predicted molar refractivity (Wildman–Crippen MR) is 146 cm³/mol. The van der Waals surface area contributed by atoms with Crippen molar-refractivity contribution in [2.24, 2.45) is 5.10 Å². The van der Waals surface area contributed by atoms with E-state index >= 15 is 0 Å². The standard InChI is InChI=1S/C30H22ClN3O3/c1-19-8-7-12-21(16-19)30(36)37-26-13-6-5-11-22(26)18-32-34-29(35)28-27(20-9-3-2-4-10-20)24-17-23(31)14-15-25(24)33-28/h2-18,33H,1H3,(H,34,35). The minimum Gasteiger partial charge on any atom is -0.422 e. The molecule has 6 nitrogen and oxygen atoms in total. The molecule has 0 aliphatic rings. The SMILES string of the molecule is Cc1cccc(C(=O)Oc2ccccc2C=NNC(=O)c2[nH]c3ccc(Cl)cc3c2-c2ccccc2)c1.